The number of benzene rings is 2. The lowest BCUT2D eigenvalue weighted by atomic mass is 9.71. The predicted octanol–water partition coefficient (Wildman–Crippen LogP) is 5.50. The molecule has 2 atom stereocenters. The van der Waals surface area contributed by atoms with Crippen LogP contribution < -0.4 is 19.5 Å². The van der Waals surface area contributed by atoms with E-state index in [0.29, 0.717) is 41.2 Å². The number of hydrogen-bond donors (Lipinski definition) is 1. The summed E-state index contributed by atoms with van der Waals surface area (Å²) < 4.78 is 22.8. The molecule has 0 saturated heterocycles. The van der Waals surface area contributed by atoms with Crippen LogP contribution in [0.25, 0.3) is 0 Å². The van der Waals surface area contributed by atoms with Gasteiger partial charge in [0, 0.05) is 33.8 Å². The largest absolute Gasteiger partial charge is 0.497 e. The summed E-state index contributed by atoms with van der Waals surface area (Å²) in [5.41, 5.74) is 4.38. The van der Waals surface area contributed by atoms with Gasteiger partial charge in [0.05, 0.1) is 18.8 Å². The lowest BCUT2D eigenvalue weighted by molar-refractivity contribution is -0.143. The molecule has 0 bridgehead atoms. The first-order valence-corrected chi connectivity index (χ1v) is 12.7. The molecule has 2 aromatic rings. The summed E-state index contributed by atoms with van der Waals surface area (Å²) in [6, 6.07) is 11.5. The highest BCUT2D eigenvalue weighted by atomic mass is 79.9. The van der Waals surface area contributed by atoms with Gasteiger partial charge >= 0.3 is 5.97 Å². The summed E-state index contributed by atoms with van der Waals surface area (Å²) >= 11 is 3.66. The Morgan fingerprint density at radius 3 is 2.47 bits per heavy atom. The molecule has 0 spiro atoms. The Morgan fingerprint density at radius 1 is 1.11 bits per heavy atom. The lowest BCUT2D eigenvalue weighted by Crippen LogP contribution is -2.36. The first-order valence-electron chi connectivity index (χ1n) is 11.9. The van der Waals surface area contributed by atoms with E-state index >= 15 is 0 Å². The van der Waals surface area contributed by atoms with Gasteiger partial charge in [-0.25, -0.2) is 4.79 Å². The monoisotopic (exact) mass is 553 g/mol. The topological polar surface area (TPSA) is 83.1 Å². The lowest BCUT2D eigenvalue weighted by Gasteiger charge is -2.37. The summed E-state index contributed by atoms with van der Waals surface area (Å²) in [5, 5.41) is 3.39. The summed E-state index contributed by atoms with van der Waals surface area (Å²) in [5.74, 6) is 0.963. The molecule has 36 heavy (non-hydrogen) atoms. The molecule has 1 aliphatic carbocycles. The minimum absolute atomic E-state index is 0.00137. The molecule has 2 aliphatic heterocycles. The number of methoxy groups -OCH3 is 1. The van der Waals surface area contributed by atoms with Crippen LogP contribution in [0.2, 0.25) is 0 Å². The Hall–Kier alpha value is -3.26. The quantitative estimate of drug-likeness (QED) is 0.489. The van der Waals surface area contributed by atoms with Crippen LogP contribution in [0, 0.1) is 0 Å². The summed E-state index contributed by atoms with van der Waals surface area (Å²) in [7, 11) is 1.63. The van der Waals surface area contributed by atoms with Crippen LogP contribution in [0.3, 0.4) is 0 Å². The normalized spacial score (nSPS) is 20.9. The van der Waals surface area contributed by atoms with Crippen LogP contribution in [0.15, 0.2) is 63.4 Å². The average Bonchev–Trinajstić information content (AvgIpc) is 3.29. The van der Waals surface area contributed by atoms with Gasteiger partial charge in [0.15, 0.2) is 17.3 Å². The van der Waals surface area contributed by atoms with E-state index in [1.165, 1.54) is 0 Å². The Bertz CT molecular complexity index is 1290. The van der Waals surface area contributed by atoms with Crippen LogP contribution in [0.1, 0.15) is 56.6 Å². The first kappa shape index (κ1) is 24.4. The summed E-state index contributed by atoms with van der Waals surface area (Å²) in [4.78, 5) is 27.1. The fourth-order valence-electron chi connectivity index (χ4n) is 5.16. The molecule has 3 aliphatic rings. The molecule has 2 unspecified atom stereocenters. The van der Waals surface area contributed by atoms with Crippen LogP contribution in [0.5, 0.6) is 17.2 Å². The minimum Gasteiger partial charge on any atom is -0.497 e. The molecule has 0 aromatic heterocycles. The predicted molar refractivity (Wildman–Crippen MR) is 137 cm³/mol. The van der Waals surface area contributed by atoms with Gasteiger partial charge in [-0.05, 0) is 68.5 Å². The molecule has 0 saturated carbocycles. The minimum atomic E-state index is -0.597. The van der Waals surface area contributed by atoms with Crippen molar-refractivity contribution in [2.45, 2.75) is 51.6 Å². The van der Waals surface area contributed by atoms with Crippen molar-refractivity contribution in [2.24, 2.45) is 0 Å². The number of dihydropyridines is 1. The third-order valence-electron chi connectivity index (χ3n) is 6.78. The maximum Gasteiger partial charge on any atom is 0.337 e. The molecular formula is C28H28BrNO6. The third-order valence-corrected chi connectivity index (χ3v) is 7.47. The number of ketones is 1. The van der Waals surface area contributed by atoms with Gasteiger partial charge in [-0.15, -0.1) is 0 Å². The van der Waals surface area contributed by atoms with Crippen molar-refractivity contribution >= 4 is 27.7 Å². The van der Waals surface area contributed by atoms with Crippen LogP contribution in [-0.2, 0) is 14.3 Å². The van der Waals surface area contributed by atoms with E-state index in [2.05, 4.69) is 21.2 Å². The Labute approximate surface area is 218 Å². The number of hydrogen-bond acceptors (Lipinski definition) is 7. The zero-order valence-corrected chi connectivity index (χ0v) is 22.2. The fourth-order valence-corrected chi connectivity index (χ4v) is 5.72. The number of carbonyl (C=O) groups excluding carboxylic acids is 2. The molecule has 1 N–H and O–H groups in total. The maximum absolute atomic E-state index is 13.8. The molecule has 5 rings (SSSR count). The molecule has 7 nitrogen and oxygen atoms in total. The van der Waals surface area contributed by atoms with E-state index in [1.54, 1.807) is 7.11 Å². The van der Waals surface area contributed by atoms with Crippen LogP contribution in [-0.4, -0.2) is 31.8 Å². The van der Waals surface area contributed by atoms with Gasteiger partial charge in [-0.1, -0.05) is 28.1 Å². The first-order chi connectivity index (χ1) is 17.3. The van der Waals surface area contributed by atoms with Gasteiger partial charge in [-0.2, -0.15) is 0 Å². The molecule has 0 amide bonds. The second kappa shape index (κ2) is 9.65. The Morgan fingerprint density at radius 2 is 1.81 bits per heavy atom. The van der Waals surface area contributed by atoms with Crippen molar-refractivity contribution in [1.29, 1.82) is 0 Å². The molecule has 0 fully saturated rings. The van der Waals surface area contributed by atoms with Crippen LogP contribution >= 0.6 is 15.9 Å². The number of esters is 1. The summed E-state index contributed by atoms with van der Waals surface area (Å²) in [6.07, 6.45) is 0.697. The number of Topliss-reactive ketones (excluding diaryl/α,β-unsaturated/α-hetero) is 1. The SMILES string of the molecule is COc1ccc(C2CC(=O)C3=C(C2)NC(C)=C(C(=O)OC(C)C)C3c2cc3c(cc2Br)OCO3)cc1. The molecule has 188 valence electrons. The zero-order chi connectivity index (χ0) is 25.6. The highest BCUT2D eigenvalue weighted by molar-refractivity contribution is 9.10. The Balaban J connectivity index is 1.60. The number of rotatable bonds is 5. The van der Waals surface area contributed by atoms with Crippen molar-refractivity contribution in [2.75, 3.05) is 13.9 Å². The Kier molecular flexibility index (Phi) is 6.55. The van der Waals surface area contributed by atoms with Gasteiger partial charge in [0.1, 0.15) is 5.75 Å². The van der Waals surface area contributed by atoms with Crippen LogP contribution in [0.4, 0.5) is 0 Å². The van der Waals surface area contributed by atoms with Gasteiger partial charge in [-0.3, -0.25) is 4.79 Å². The third kappa shape index (κ3) is 4.39. The average molecular weight is 554 g/mol. The van der Waals surface area contributed by atoms with E-state index < -0.39 is 11.9 Å². The van der Waals surface area contributed by atoms with Gasteiger partial charge < -0.3 is 24.3 Å². The smallest absolute Gasteiger partial charge is 0.337 e. The van der Waals surface area contributed by atoms with E-state index in [4.69, 9.17) is 18.9 Å². The van der Waals surface area contributed by atoms with E-state index in [9.17, 15) is 9.59 Å². The second-order valence-corrected chi connectivity index (χ2v) is 10.3. The number of nitrogens with one attached hydrogen (secondary N) is 1. The van der Waals surface area contributed by atoms with Crippen molar-refractivity contribution in [3.63, 3.8) is 0 Å². The number of ether oxygens (including phenoxy) is 4. The van der Waals surface area contributed by atoms with E-state index in [1.807, 2.05) is 57.2 Å². The van der Waals surface area contributed by atoms with Crippen molar-refractivity contribution in [3.8, 4) is 17.2 Å². The highest BCUT2D eigenvalue weighted by Crippen LogP contribution is 2.49. The van der Waals surface area contributed by atoms with Crippen molar-refractivity contribution in [1.82, 2.24) is 5.32 Å². The zero-order valence-electron chi connectivity index (χ0n) is 20.6. The molecule has 2 heterocycles. The highest BCUT2D eigenvalue weighted by Gasteiger charge is 2.42. The fraction of sp³-hybridized carbons (Fsp3) is 0.357. The number of carbonyl (C=O) groups is 2. The maximum atomic E-state index is 13.8. The number of allylic oxidation sites excluding steroid dienone is 3. The standard InChI is InChI=1S/C28H28BrNO6/c1-14(2)36-28(32)25-15(3)30-21-9-17(16-5-7-18(33-4)8-6-16)10-22(31)27(21)26(25)19-11-23-24(12-20(19)29)35-13-34-23/h5-8,11-12,14,17,26,30H,9-10,13H2,1-4H3. The van der Waals surface area contributed by atoms with Crippen molar-refractivity contribution in [3.05, 3.63) is 74.5 Å². The van der Waals surface area contributed by atoms with E-state index in [-0.39, 0.29) is 24.6 Å². The van der Waals surface area contributed by atoms with Crippen molar-refractivity contribution < 1.29 is 28.5 Å². The number of fused-ring (bicyclic) bond motifs is 1. The van der Waals surface area contributed by atoms with E-state index in [0.717, 1.165) is 27.0 Å². The molecule has 0 radical (unpaired) electrons. The molecule has 8 heteroatoms. The molecular weight excluding hydrogens is 526 g/mol. The van der Waals surface area contributed by atoms with Gasteiger partial charge in [0.25, 0.3) is 0 Å². The summed E-state index contributed by atoms with van der Waals surface area (Å²) in [6.45, 7) is 5.61. The molecule has 2 aromatic carbocycles. The second-order valence-electron chi connectivity index (χ2n) is 9.47. The van der Waals surface area contributed by atoms with Gasteiger partial charge in [0.2, 0.25) is 6.79 Å². The number of halogens is 1.